The molecule has 0 aromatic heterocycles. The fraction of sp³-hybridized carbons (Fsp3) is 0.235. The summed E-state index contributed by atoms with van der Waals surface area (Å²) in [6.45, 7) is 4.21. The molecule has 0 saturated carbocycles. The molecule has 2 aromatic carbocycles. The van der Waals surface area contributed by atoms with Gasteiger partial charge in [0.05, 0.1) is 0 Å². The van der Waals surface area contributed by atoms with Crippen LogP contribution in [0.3, 0.4) is 0 Å². The van der Waals surface area contributed by atoms with Crippen LogP contribution in [0.25, 0.3) is 0 Å². The van der Waals surface area contributed by atoms with E-state index in [0.717, 1.165) is 18.7 Å². The van der Waals surface area contributed by atoms with Crippen molar-refractivity contribution < 1.29 is 4.79 Å². The molecule has 0 unspecified atom stereocenters. The van der Waals surface area contributed by atoms with Gasteiger partial charge in [0.1, 0.15) is 0 Å². The summed E-state index contributed by atoms with van der Waals surface area (Å²) >= 11 is 0. The molecule has 0 aliphatic carbocycles. The Kier molecular flexibility index (Phi) is 5.33. The molecule has 20 heavy (non-hydrogen) atoms. The highest BCUT2D eigenvalue weighted by atomic mass is 16.1. The van der Waals surface area contributed by atoms with Crippen LogP contribution in [0.15, 0.2) is 54.6 Å². The number of carbonyl (C=O) groups is 1. The number of nitrogens with one attached hydrogen (secondary N) is 2. The van der Waals surface area contributed by atoms with Gasteiger partial charge in [-0.3, -0.25) is 4.79 Å². The van der Waals surface area contributed by atoms with E-state index in [1.54, 1.807) is 0 Å². The van der Waals surface area contributed by atoms with Gasteiger partial charge in [0, 0.05) is 25.2 Å². The van der Waals surface area contributed by atoms with E-state index in [1.165, 1.54) is 5.56 Å². The normalized spacial score (nSPS) is 10.2. The fourth-order valence-corrected chi connectivity index (χ4v) is 1.90. The molecule has 0 bridgehead atoms. The Morgan fingerprint density at radius 1 is 0.950 bits per heavy atom. The van der Waals surface area contributed by atoms with Crippen LogP contribution in [0.2, 0.25) is 0 Å². The second-order valence-electron chi connectivity index (χ2n) is 4.78. The Bertz CT molecular complexity index is 535. The number of carbonyl (C=O) groups excluding carboxylic acids is 1. The number of aryl methyl sites for hydroxylation is 1. The van der Waals surface area contributed by atoms with Crippen molar-refractivity contribution in [3.05, 3.63) is 71.3 Å². The summed E-state index contributed by atoms with van der Waals surface area (Å²) in [5, 5.41) is 6.21. The average Bonchev–Trinajstić information content (AvgIpc) is 2.48. The van der Waals surface area contributed by atoms with Gasteiger partial charge in [-0.15, -0.1) is 0 Å². The van der Waals surface area contributed by atoms with Gasteiger partial charge in [-0.2, -0.15) is 0 Å². The molecule has 0 saturated heterocycles. The molecule has 0 heterocycles. The second-order valence-corrected chi connectivity index (χ2v) is 4.78. The van der Waals surface area contributed by atoms with Gasteiger partial charge in [-0.05, 0) is 24.6 Å². The van der Waals surface area contributed by atoms with E-state index < -0.39 is 0 Å². The van der Waals surface area contributed by atoms with Crippen molar-refractivity contribution in [2.45, 2.75) is 13.5 Å². The van der Waals surface area contributed by atoms with Gasteiger partial charge < -0.3 is 10.6 Å². The second kappa shape index (κ2) is 7.46. The lowest BCUT2D eigenvalue weighted by molar-refractivity contribution is 0.0954. The van der Waals surface area contributed by atoms with Gasteiger partial charge >= 0.3 is 0 Å². The number of benzene rings is 2. The minimum atomic E-state index is -0.0217. The van der Waals surface area contributed by atoms with E-state index in [4.69, 9.17) is 0 Å². The molecule has 0 spiro atoms. The van der Waals surface area contributed by atoms with Crippen LogP contribution < -0.4 is 10.6 Å². The summed E-state index contributed by atoms with van der Waals surface area (Å²) in [6.07, 6.45) is 0. The molecule has 1 amide bonds. The lowest BCUT2D eigenvalue weighted by Crippen LogP contribution is -2.31. The Labute approximate surface area is 120 Å². The lowest BCUT2D eigenvalue weighted by atomic mass is 10.1. The zero-order valence-electron chi connectivity index (χ0n) is 11.7. The van der Waals surface area contributed by atoms with Gasteiger partial charge in [-0.1, -0.05) is 48.0 Å². The van der Waals surface area contributed by atoms with E-state index in [-0.39, 0.29) is 5.91 Å². The molecule has 3 heteroatoms. The summed E-state index contributed by atoms with van der Waals surface area (Å²) < 4.78 is 0. The van der Waals surface area contributed by atoms with E-state index >= 15 is 0 Å². The molecule has 2 N–H and O–H groups in total. The molecule has 2 aromatic rings. The van der Waals surface area contributed by atoms with Crippen molar-refractivity contribution in [2.75, 3.05) is 13.1 Å². The van der Waals surface area contributed by atoms with Crippen LogP contribution in [0.1, 0.15) is 21.5 Å². The maximum absolute atomic E-state index is 11.9. The van der Waals surface area contributed by atoms with Crippen LogP contribution in [0.5, 0.6) is 0 Å². The summed E-state index contributed by atoms with van der Waals surface area (Å²) in [4.78, 5) is 11.9. The maximum Gasteiger partial charge on any atom is 0.251 e. The van der Waals surface area contributed by atoms with Crippen molar-refractivity contribution in [3.8, 4) is 0 Å². The Balaban J connectivity index is 1.66. The summed E-state index contributed by atoms with van der Waals surface area (Å²) in [5.74, 6) is -0.0217. The van der Waals surface area contributed by atoms with E-state index in [0.29, 0.717) is 12.1 Å². The fourth-order valence-electron chi connectivity index (χ4n) is 1.90. The van der Waals surface area contributed by atoms with Crippen molar-refractivity contribution in [2.24, 2.45) is 0 Å². The largest absolute Gasteiger partial charge is 0.351 e. The molecule has 2 rings (SSSR count). The first-order valence-corrected chi connectivity index (χ1v) is 6.85. The molecule has 0 fully saturated rings. The SMILES string of the molecule is Cc1ccc(C(=O)NCCNCc2ccccc2)cc1. The molecule has 104 valence electrons. The first kappa shape index (κ1) is 14.3. The van der Waals surface area contributed by atoms with Crippen molar-refractivity contribution in [1.82, 2.24) is 10.6 Å². The Morgan fingerprint density at radius 2 is 1.65 bits per heavy atom. The smallest absolute Gasteiger partial charge is 0.251 e. The third-order valence-corrected chi connectivity index (χ3v) is 3.07. The maximum atomic E-state index is 11.9. The topological polar surface area (TPSA) is 41.1 Å². The Hall–Kier alpha value is -2.13. The standard InChI is InChI=1S/C17H20N2O/c1-14-7-9-16(10-8-14)17(20)19-12-11-18-13-15-5-3-2-4-6-15/h2-10,18H,11-13H2,1H3,(H,19,20). The molecule has 0 atom stereocenters. The first-order valence-electron chi connectivity index (χ1n) is 6.85. The molecule has 3 nitrogen and oxygen atoms in total. The highest BCUT2D eigenvalue weighted by Gasteiger charge is 2.03. The zero-order valence-corrected chi connectivity index (χ0v) is 11.7. The predicted molar refractivity (Wildman–Crippen MR) is 81.7 cm³/mol. The van der Waals surface area contributed by atoms with Gasteiger partial charge in [-0.25, -0.2) is 0 Å². The van der Waals surface area contributed by atoms with Crippen molar-refractivity contribution in [3.63, 3.8) is 0 Å². The van der Waals surface area contributed by atoms with Crippen LogP contribution in [-0.2, 0) is 6.54 Å². The third kappa shape index (κ3) is 4.52. The van der Waals surface area contributed by atoms with E-state index in [1.807, 2.05) is 49.4 Å². The van der Waals surface area contributed by atoms with Crippen LogP contribution in [0, 0.1) is 6.92 Å². The summed E-state index contributed by atoms with van der Waals surface area (Å²) in [6, 6.07) is 17.8. The average molecular weight is 268 g/mol. The van der Waals surface area contributed by atoms with Crippen molar-refractivity contribution >= 4 is 5.91 Å². The van der Waals surface area contributed by atoms with Gasteiger partial charge in [0.2, 0.25) is 0 Å². The molecule has 0 aliphatic heterocycles. The lowest BCUT2D eigenvalue weighted by Gasteiger charge is -2.07. The number of hydrogen-bond acceptors (Lipinski definition) is 2. The highest BCUT2D eigenvalue weighted by molar-refractivity contribution is 5.94. The van der Waals surface area contributed by atoms with Crippen LogP contribution >= 0.6 is 0 Å². The molecule has 0 aliphatic rings. The summed E-state index contributed by atoms with van der Waals surface area (Å²) in [5.41, 5.74) is 3.11. The first-order chi connectivity index (χ1) is 9.75. The van der Waals surface area contributed by atoms with Gasteiger partial charge in [0.25, 0.3) is 5.91 Å². The van der Waals surface area contributed by atoms with E-state index in [2.05, 4.69) is 22.8 Å². The predicted octanol–water partition coefficient (Wildman–Crippen LogP) is 2.51. The highest BCUT2D eigenvalue weighted by Crippen LogP contribution is 2.02. The van der Waals surface area contributed by atoms with Crippen molar-refractivity contribution in [1.29, 1.82) is 0 Å². The number of rotatable bonds is 6. The molecular weight excluding hydrogens is 248 g/mol. The van der Waals surface area contributed by atoms with E-state index in [9.17, 15) is 4.79 Å². The number of amides is 1. The molecule has 0 radical (unpaired) electrons. The van der Waals surface area contributed by atoms with Crippen LogP contribution in [-0.4, -0.2) is 19.0 Å². The minimum absolute atomic E-state index is 0.0217. The number of hydrogen-bond donors (Lipinski definition) is 2. The Morgan fingerprint density at radius 3 is 2.35 bits per heavy atom. The third-order valence-electron chi connectivity index (χ3n) is 3.07. The molecular formula is C17H20N2O. The zero-order chi connectivity index (χ0) is 14.2. The van der Waals surface area contributed by atoms with Gasteiger partial charge in [0.15, 0.2) is 0 Å². The minimum Gasteiger partial charge on any atom is -0.351 e. The quantitative estimate of drug-likeness (QED) is 0.790. The summed E-state index contributed by atoms with van der Waals surface area (Å²) in [7, 11) is 0. The monoisotopic (exact) mass is 268 g/mol. The van der Waals surface area contributed by atoms with Crippen LogP contribution in [0.4, 0.5) is 0 Å².